The molecule has 0 aliphatic carbocycles. The topological polar surface area (TPSA) is 64.1 Å². The summed E-state index contributed by atoms with van der Waals surface area (Å²) in [5.74, 6) is 0.831. The van der Waals surface area contributed by atoms with E-state index in [0.29, 0.717) is 35.1 Å². The third kappa shape index (κ3) is 4.99. The Morgan fingerprint density at radius 1 is 1.14 bits per heavy atom. The van der Waals surface area contributed by atoms with E-state index in [-0.39, 0.29) is 31.4 Å². The summed E-state index contributed by atoms with van der Waals surface area (Å²) in [4.78, 5) is 4.37. The standard InChI is InChI=1S/C19H20F3N3O3/c1-2-23-19(24-9-12-5-3-4-6-14(12)20)25-10-13-7-16-17(27-11-26-16)8-15(13)28-18(21)22/h3-8,18H,2,9-11H2,1H3,(H2,23,24,25). The monoisotopic (exact) mass is 395 g/mol. The van der Waals surface area contributed by atoms with Crippen molar-refractivity contribution >= 4 is 5.96 Å². The van der Waals surface area contributed by atoms with Gasteiger partial charge in [0.2, 0.25) is 6.79 Å². The Balaban J connectivity index is 1.75. The smallest absolute Gasteiger partial charge is 0.387 e. The van der Waals surface area contributed by atoms with Crippen molar-refractivity contribution in [1.82, 2.24) is 10.6 Å². The number of halogens is 3. The first-order valence-corrected chi connectivity index (χ1v) is 8.69. The number of nitrogens with one attached hydrogen (secondary N) is 2. The van der Waals surface area contributed by atoms with Crippen LogP contribution < -0.4 is 24.8 Å². The van der Waals surface area contributed by atoms with Crippen LogP contribution in [0.2, 0.25) is 0 Å². The van der Waals surface area contributed by atoms with Crippen molar-refractivity contribution in [3.8, 4) is 17.2 Å². The minimum atomic E-state index is -2.98. The predicted molar refractivity (Wildman–Crippen MR) is 97.3 cm³/mol. The summed E-state index contributed by atoms with van der Waals surface area (Å²) in [5, 5.41) is 6.04. The first-order valence-electron chi connectivity index (χ1n) is 8.69. The summed E-state index contributed by atoms with van der Waals surface area (Å²) >= 11 is 0. The van der Waals surface area contributed by atoms with Gasteiger partial charge in [-0.2, -0.15) is 8.78 Å². The first-order chi connectivity index (χ1) is 13.6. The van der Waals surface area contributed by atoms with E-state index in [4.69, 9.17) is 9.47 Å². The lowest BCUT2D eigenvalue weighted by Gasteiger charge is -2.13. The summed E-state index contributed by atoms with van der Waals surface area (Å²) in [5.41, 5.74) is 0.894. The highest BCUT2D eigenvalue weighted by Gasteiger charge is 2.20. The Bertz CT molecular complexity index is 846. The third-order valence-electron chi connectivity index (χ3n) is 3.93. The molecule has 0 aromatic heterocycles. The second-order valence-electron chi connectivity index (χ2n) is 5.83. The molecule has 0 atom stereocenters. The maximum atomic E-state index is 13.8. The largest absolute Gasteiger partial charge is 0.454 e. The maximum absolute atomic E-state index is 13.8. The molecule has 2 aromatic carbocycles. The van der Waals surface area contributed by atoms with E-state index in [9.17, 15) is 13.2 Å². The summed E-state index contributed by atoms with van der Waals surface area (Å²) < 4.78 is 54.3. The minimum Gasteiger partial charge on any atom is -0.454 e. The Morgan fingerprint density at radius 2 is 1.89 bits per heavy atom. The van der Waals surface area contributed by atoms with Gasteiger partial charge in [-0.05, 0) is 19.1 Å². The Morgan fingerprint density at radius 3 is 2.61 bits per heavy atom. The van der Waals surface area contributed by atoms with E-state index in [0.717, 1.165) is 0 Å². The van der Waals surface area contributed by atoms with Crippen molar-refractivity contribution in [2.24, 2.45) is 4.99 Å². The van der Waals surface area contributed by atoms with Crippen molar-refractivity contribution in [2.45, 2.75) is 26.6 Å². The molecule has 0 fully saturated rings. The number of alkyl halides is 2. The van der Waals surface area contributed by atoms with E-state index in [1.807, 2.05) is 6.92 Å². The Hall–Kier alpha value is -3.10. The summed E-state index contributed by atoms with van der Waals surface area (Å²) in [6.07, 6.45) is 0. The molecule has 28 heavy (non-hydrogen) atoms. The lowest BCUT2D eigenvalue weighted by molar-refractivity contribution is -0.0505. The highest BCUT2D eigenvalue weighted by molar-refractivity contribution is 5.79. The molecule has 0 spiro atoms. The molecule has 1 aliphatic rings. The number of ether oxygens (including phenoxy) is 3. The molecule has 0 amide bonds. The van der Waals surface area contributed by atoms with E-state index in [2.05, 4.69) is 20.4 Å². The van der Waals surface area contributed by atoms with E-state index in [1.54, 1.807) is 24.3 Å². The number of benzene rings is 2. The van der Waals surface area contributed by atoms with Crippen LogP contribution in [0.4, 0.5) is 13.2 Å². The zero-order valence-electron chi connectivity index (χ0n) is 15.2. The molecule has 3 rings (SSSR count). The number of hydrogen-bond acceptors (Lipinski definition) is 4. The molecule has 1 aliphatic heterocycles. The van der Waals surface area contributed by atoms with Crippen LogP contribution in [0.3, 0.4) is 0 Å². The number of fused-ring (bicyclic) bond motifs is 1. The quantitative estimate of drug-likeness (QED) is 0.556. The van der Waals surface area contributed by atoms with Crippen LogP contribution in [0.25, 0.3) is 0 Å². The molecule has 2 N–H and O–H groups in total. The minimum absolute atomic E-state index is 0.0169. The van der Waals surface area contributed by atoms with Gasteiger partial charge in [-0.15, -0.1) is 0 Å². The van der Waals surface area contributed by atoms with Gasteiger partial charge in [0.05, 0.1) is 6.54 Å². The van der Waals surface area contributed by atoms with Gasteiger partial charge in [-0.1, -0.05) is 18.2 Å². The second-order valence-corrected chi connectivity index (χ2v) is 5.83. The van der Waals surface area contributed by atoms with Crippen molar-refractivity contribution in [1.29, 1.82) is 0 Å². The van der Waals surface area contributed by atoms with Gasteiger partial charge in [0.1, 0.15) is 11.6 Å². The molecule has 0 radical (unpaired) electrons. The average molecular weight is 395 g/mol. The van der Waals surface area contributed by atoms with Gasteiger partial charge >= 0.3 is 6.61 Å². The zero-order valence-corrected chi connectivity index (χ0v) is 15.2. The molecule has 2 aromatic rings. The van der Waals surface area contributed by atoms with E-state index in [1.165, 1.54) is 12.1 Å². The van der Waals surface area contributed by atoms with E-state index >= 15 is 0 Å². The molecule has 1 heterocycles. The highest BCUT2D eigenvalue weighted by Crippen LogP contribution is 2.39. The van der Waals surface area contributed by atoms with Crippen LogP contribution in [-0.2, 0) is 13.1 Å². The average Bonchev–Trinajstić information content (AvgIpc) is 3.11. The zero-order chi connectivity index (χ0) is 19.9. The SMILES string of the molecule is CCNC(=NCc1cc2c(cc1OC(F)F)OCO2)NCc1ccccc1F. The molecule has 0 bridgehead atoms. The van der Waals surface area contributed by atoms with Crippen LogP contribution >= 0.6 is 0 Å². The van der Waals surface area contributed by atoms with Gasteiger partial charge in [0, 0.05) is 30.3 Å². The van der Waals surface area contributed by atoms with Gasteiger partial charge in [0.15, 0.2) is 17.5 Å². The lowest BCUT2D eigenvalue weighted by atomic mass is 10.1. The highest BCUT2D eigenvalue weighted by atomic mass is 19.3. The predicted octanol–water partition coefficient (Wildman–Crippen LogP) is 3.41. The normalized spacial score (nSPS) is 13.0. The lowest BCUT2D eigenvalue weighted by Crippen LogP contribution is -2.37. The number of rotatable bonds is 7. The van der Waals surface area contributed by atoms with Gasteiger partial charge < -0.3 is 24.8 Å². The molecule has 9 heteroatoms. The molecule has 0 unspecified atom stereocenters. The summed E-state index contributed by atoms with van der Waals surface area (Å²) in [6, 6.07) is 9.32. The Kier molecular flexibility index (Phi) is 6.46. The van der Waals surface area contributed by atoms with Crippen LogP contribution in [0.15, 0.2) is 41.4 Å². The summed E-state index contributed by atoms with van der Waals surface area (Å²) in [7, 11) is 0. The van der Waals surface area contributed by atoms with E-state index < -0.39 is 6.61 Å². The number of guanidine groups is 1. The molecule has 6 nitrogen and oxygen atoms in total. The van der Waals surface area contributed by atoms with Crippen molar-refractivity contribution in [3.05, 3.63) is 53.3 Å². The van der Waals surface area contributed by atoms with Crippen LogP contribution in [-0.4, -0.2) is 25.9 Å². The van der Waals surface area contributed by atoms with Gasteiger partial charge in [0.25, 0.3) is 0 Å². The van der Waals surface area contributed by atoms with Crippen molar-refractivity contribution < 1.29 is 27.4 Å². The summed E-state index contributed by atoms with van der Waals surface area (Å²) in [6.45, 7) is -0.235. The van der Waals surface area contributed by atoms with Crippen LogP contribution in [0.1, 0.15) is 18.1 Å². The molecular formula is C19H20F3N3O3. The van der Waals surface area contributed by atoms with Crippen molar-refractivity contribution in [3.63, 3.8) is 0 Å². The maximum Gasteiger partial charge on any atom is 0.387 e. The fourth-order valence-corrected chi connectivity index (χ4v) is 2.62. The molecule has 150 valence electrons. The fraction of sp³-hybridized carbons (Fsp3) is 0.316. The number of nitrogens with zero attached hydrogens (tertiary/aromatic N) is 1. The first kappa shape index (κ1) is 19.7. The van der Waals surface area contributed by atoms with Gasteiger partial charge in [-0.25, -0.2) is 9.38 Å². The van der Waals surface area contributed by atoms with Gasteiger partial charge in [-0.3, -0.25) is 0 Å². The fourth-order valence-electron chi connectivity index (χ4n) is 2.62. The third-order valence-corrected chi connectivity index (χ3v) is 3.93. The molecule has 0 saturated carbocycles. The Labute approximate surface area is 160 Å². The second kappa shape index (κ2) is 9.20. The van der Waals surface area contributed by atoms with Crippen LogP contribution in [0.5, 0.6) is 17.2 Å². The van der Waals surface area contributed by atoms with Crippen LogP contribution in [0, 0.1) is 5.82 Å². The molecule has 0 saturated heterocycles. The number of aliphatic imine (C=N–C) groups is 1. The number of hydrogen-bond donors (Lipinski definition) is 2. The molecular weight excluding hydrogens is 375 g/mol. The van der Waals surface area contributed by atoms with Crippen molar-refractivity contribution in [2.75, 3.05) is 13.3 Å².